The fraction of sp³-hybridized carbons (Fsp3) is 0.389. The average molecular weight is 377 g/mol. The van der Waals surface area contributed by atoms with Gasteiger partial charge in [-0.1, -0.05) is 12.1 Å². The number of thiol groups is 1. The van der Waals surface area contributed by atoms with E-state index in [1.165, 1.54) is 4.68 Å². The van der Waals surface area contributed by atoms with Crippen LogP contribution in [0.5, 0.6) is 5.75 Å². The quantitative estimate of drug-likeness (QED) is 0.544. The van der Waals surface area contributed by atoms with Gasteiger partial charge in [0, 0.05) is 11.9 Å². The maximum Gasteiger partial charge on any atom is 0.329 e. The summed E-state index contributed by atoms with van der Waals surface area (Å²) in [6, 6.07) is 6.69. The Kier molecular flexibility index (Phi) is 7.08. The van der Waals surface area contributed by atoms with Crippen LogP contribution in [0.4, 0.5) is 0 Å². The van der Waals surface area contributed by atoms with E-state index >= 15 is 0 Å². The second-order valence-corrected chi connectivity index (χ2v) is 6.11. The van der Waals surface area contributed by atoms with Gasteiger partial charge in [0.05, 0.1) is 6.61 Å². The number of carbonyl (C=O) groups is 2. The van der Waals surface area contributed by atoms with Crippen LogP contribution in [-0.2, 0) is 16.3 Å². The lowest BCUT2D eigenvalue weighted by atomic mass is 10.1. The summed E-state index contributed by atoms with van der Waals surface area (Å²) in [5.74, 6) is -0.0822. The first kappa shape index (κ1) is 19.8. The predicted molar refractivity (Wildman–Crippen MR) is 101 cm³/mol. The number of hydrogen-bond donors (Lipinski definition) is 2. The van der Waals surface area contributed by atoms with E-state index in [0.29, 0.717) is 0 Å². The number of nitrogens with zero attached hydrogens (tertiary/aromatic N) is 2. The molecule has 0 aliphatic rings. The minimum Gasteiger partial charge on any atom is -0.471 e. The number of amides is 1. The zero-order valence-electron chi connectivity index (χ0n) is 15.1. The molecule has 0 radical (unpaired) electrons. The summed E-state index contributed by atoms with van der Waals surface area (Å²) in [4.78, 5) is 24.0. The molecule has 1 amide bonds. The van der Waals surface area contributed by atoms with Crippen LogP contribution in [0.15, 0.2) is 30.5 Å². The molecule has 0 saturated heterocycles. The van der Waals surface area contributed by atoms with E-state index in [1.807, 2.05) is 32.0 Å². The van der Waals surface area contributed by atoms with E-state index in [2.05, 4.69) is 23.0 Å². The lowest BCUT2D eigenvalue weighted by molar-refractivity contribution is -0.144. The van der Waals surface area contributed by atoms with E-state index in [0.717, 1.165) is 16.9 Å². The third-order valence-corrected chi connectivity index (χ3v) is 3.99. The lowest BCUT2D eigenvalue weighted by Crippen LogP contribution is -2.43. The lowest BCUT2D eigenvalue weighted by Gasteiger charge is -2.14. The highest BCUT2D eigenvalue weighted by Gasteiger charge is 2.22. The van der Waals surface area contributed by atoms with Gasteiger partial charge in [-0.25, -0.2) is 9.48 Å². The summed E-state index contributed by atoms with van der Waals surface area (Å²) in [5.41, 5.74) is 2.31. The van der Waals surface area contributed by atoms with Crippen LogP contribution in [0.3, 0.4) is 0 Å². The Hall–Kier alpha value is -2.48. The Bertz CT molecular complexity index is 776. The first-order valence-corrected chi connectivity index (χ1v) is 8.89. The van der Waals surface area contributed by atoms with Crippen molar-refractivity contribution in [3.8, 4) is 5.75 Å². The van der Waals surface area contributed by atoms with Gasteiger partial charge in [0.1, 0.15) is 17.5 Å². The van der Waals surface area contributed by atoms with Crippen molar-refractivity contribution in [2.24, 2.45) is 0 Å². The largest absolute Gasteiger partial charge is 0.471 e. The van der Waals surface area contributed by atoms with E-state index < -0.39 is 17.9 Å². The van der Waals surface area contributed by atoms with Gasteiger partial charge < -0.3 is 14.8 Å². The summed E-state index contributed by atoms with van der Waals surface area (Å²) >= 11 is 4.07. The standard InChI is InChI=1S/C18H23N3O4S/c1-4-24-18(23)15(10-26)19-17(22)14-7-8-21(20-14)11-25-16-9-12(2)5-6-13(16)3/h5-9,15,26H,4,10-11H2,1-3H3,(H,19,22)/t15-/m0/s1. The number of hydrogen-bond acceptors (Lipinski definition) is 6. The minimum absolute atomic E-state index is 0.140. The van der Waals surface area contributed by atoms with E-state index in [9.17, 15) is 9.59 Å². The highest BCUT2D eigenvalue weighted by molar-refractivity contribution is 7.80. The molecule has 2 rings (SSSR count). The third kappa shape index (κ3) is 5.26. The Labute approximate surface area is 158 Å². The molecule has 0 fully saturated rings. The highest BCUT2D eigenvalue weighted by atomic mass is 32.1. The topological polar surface area (TPSA) is 82.5 Å². The Morgan fingerprint density at radius 3 is 2.77 bits per heavy atom. The van der Waals surface area contributed by atoms with Crippen molar-refractivity contribution in [3.05, 3.63) is 47.3 Å². The third-order valence-electron chi connectivity index (χ3n) is 3.63. The molecular weight excluding hydrogens is 354 g/mol. The van der Waals surface area contributed by atoms with E-state index in [1.54, 1.807) is 19.2 Å². The number of ether oxygens (including phenoxy) is 2. The normalized spacial score (nSPS) is 11.7. The number of nitrogens with one attached hydrogen (secondary N) is 1. The molecule has 0 unspecified atom stereocenters. The monoisotopic (exact) mass is 377 g/mol. The summed E-state index contributed by atoms with van der Waals surface area (Å²) in [7, 11) is 0. The van der Waals surface area contributed by atoms with Crippen LogP contribution < -0.4 is 10.1 Å². The van der Waals surface area contributed by atoms with Gasteiger partial charge in [-0.2, -0.15) is 17.7 Å². The van der Waals surface area contributed by atoms with Crippen LogP contribution >= 0.6 is 12.6 Å². The number of esters is 1. The SMILES string of the molecule is CCOC(=O)[C@H](CS)NC(=O)c1ccn(COc2cc(C)ccc2C)n1. The van der Waals surface area contributed by atoms with Crippen molar-refractivity contribution in [2.45, 2.75) is 33.5 Å². The molecule has 26 heavy (non-hydrogen) atoms. The molecule has 1 aromatic heterocycles. The summed E-state index contributed by atoms with van der Waals surface area (Å²) in [6.07, 6.45) is 1.64. The van der Waals surface area contributed by atoms with Gasteiger partial charge >= 0.3 is 5.97 Å². The van der Waals surface area contributed by atoms with Crippen LogP contribution in [0.25, 0.3) is 0 Å². The van der Waals surface area contributed by atoms with Gasteiger partial charge in [-0.15, -0.1) is 0 Å². The Morgan fingerprint density at radius 1 is 1.31 bits per heavy atom. The number of aryl methyl sites for hydroxylation is 2. The molecule has 0 aliphatic carbocycles. The average Bonchev–Trinajstić information content (AvgIpc) is 3.09. The Balaban J connectivity index is 1.96. The molecule has 8 heteroatoms. The van der Waals surface area contributed by atoms with Gasteiger partial charge in [0.15, 0.2) is 6.73 Å². The number of benzene rings is 1. The Morgan fingerprint density at radius 2 is 2.08 bits per heavy atom. The molecule has 2 aromatic rings. The molecule has 0 spiro atoms. The van der Waals surface area contributed by atoms with Crippen molar-refractivity contribution < 1.29 is 19.1 Å². The van der Waals surface area contributed by atoms with E-state index in [4.69, 9.17) is 9.47 Å². The minimum atomic E-state index is -0.817. The fourth-order valence-electron chi connectivity index (χ4n) is 2.21. The van der Waals surface area contributed by atoms with Gasteiger partial charge in [-0.05, 0) is 44.0 Å². The van der Waals surface area contributed by atoms with Crippen molar-refractivity contribution in [1.82, 2.24) is 15.1 Å². The molecular formula is C18H23N3O4S. The second kappa shape index (κ2) is 9.28. The summed E-state index contributed by atoms with van der Waals surface area (Å²) in [5, 5.41) is 6.74. The zero-order valence-corrected chi connectivity index (χ0v) is 16.0. The van der Waals surface area contributed by atoms with Crippen LogP contribution in [0, 0.1) is 13.8 Å². The first-order valence-electron chi connectivity index (χ1n) is 8.26. The van der Waals surface area contributed by atoms with Crippen molar-refractivity contribution in [1.29, 1.82) is 0 Å². The fourth-order valence-corrected chi connectivity index (χ4v) is 2.45. The van der Waals surface area contributed by atoms with Crippen molar-refractivity contribution in [2.75, 3.05) is 12.4 Å². The molecule has 1 aromatic carbocycles. The molecule has 1 heterocycles. The first-order chi connectivity index (χ1) is 12.4. The molecule has 140 valence electrons. The molecule has 1 N–H and O–H groups in total. The van der Waals surface area contributed by atoms with Crippen molar-refractivity contribution >= 4 is 24.5 Å². The number of carbonyl (C=O) groups excluding carboxylic acids is 2. The van der Waals surface area contributed by atoms with Gasteiger partial charge in [0.2, 0.25) is 0 Å². The molecule has 7 nitrogen and oxygen atoms in total. The number of rotatable bonds is 8. The molecule has 0 aliphatic heterocycles. The summed E-state index contributed by atoms with van der Waals surface area (Å²) < 4.78 is 12.2. The smallest absolute Gasteiger partial charge is 0.329 e. The van der Waals surface area contributed by atoms with Crippen LogP contribution in [-0.4, -0.2) is 40.1 Å². The van der Waals surface area contributed by atoms with Gasteiger partial charge in [-0.3, -0.25) is 4.79 Å². The molecule has 1 atom stereocenters. The van der Waals surface area contributed by atoms with Crippen LogP contribution in [0.2, 0.25) is 0 Å². The van der Waals surface area contributed by atoms with Gasteiger partial charge in [0.25, 0.3) is 5.91 Å². The van der Waals surface area contributed by atoms with E-state index in [-0.39, 0.29) is 24.8 Å². The van der Waals surface area contributed by atoms with Crippen molar-refractivity contribution in [3.63, 3.8) is 0 Å². The predicted octanol–water partition coefficient (Wildman–Crippen LogP) is 2.13. The second-order valence-electron chi connectivity index (χ2n) is 5.74. The van der Waals surface area contributed by atoms with Crippen LogP contribution in [0.1, 0.15) is 28.5 Å². The maximum atomic E-state index is 12.2. The molecule has 0 saturated carbocycles. The number of aromatic nitrogens is 2. The highest BCUT2D eigenvalue weighted by Crippen LogP contribution is 2.19. The summed E-state index contributed by atoms with van der Waals surface area (Å²) in [6.45, 7) is 6.06. The zero-order chi connectivity index (χ0) is 19.1. The molecule has 0 bridgehead atoms. The maximum absolute atomic E-state index is 12.2.